The van der Waals surface area contributed by atoms with Crippen LogP contribution in [0.4, 0.5) is 0 Å². The predicted octanol–water partition coefficient (Wildman–Crippen LogP) is 0.191. The molecule has 0 aliphatic rings. The van der Waals surface area contributed by atoms with E-state index in [-0.39, 0.29) is 18.5 Å². The summed E-state index contributed by atoms with van der Waals surface area (Å²) in [5, 5.41) is 0. The topological polar surface area (TPSA) is 64.8 Å². The number of hydrogen-bond acceptors (Lipinski definition) is 4. The van der Waals surface area contributed by atoms with Crippen LogP contribution < -0.4 is 5.73 Å². The number of ether oxygens (including phenoxy) is 2. The molecular formula is C10H22N2O3. The number of carbonyl (C=O) groups excluding carboxylic acids is 1. The third-order valence-corrected chi connectivity index (χ3v) is 2.49. The van der Waals surface area contributed by atoms with Crippen LogP contribution in [0.3, 0.4) is 0 Å². The van der Waals surface area contributed by atoms with Gasteiger partial charge in [0.1, 0.15) is 0 Å². The zero-order chi connectivity index (χ0) is 11.8. The SMILES string of the molecule is CCC(C)N(CC(OC)OC)C(=O)CN. The minimum Gasteiger partial charge on any atom is -0.354 e. The molecule has 2 N–H and O–H groups in total. The second-order valence-electron chi connectivity index (χ2n) is 3.41. The highest BCUT2D eigenvalue weighted by Gasteiger charge is 2.21. The van der Waals surface area contributed by atoms with Crippen LogP contribution in [0.25, 0.3) is 0 Å². The molecule has 0 aliphatic carbocycles. The standard InChI is InChI=1S/C10H22N2O3/c1-5-8(2)12(9(13)6-11)7-10(14-3)15-4/h8,10H,5-7,11H2,1-4H3. The van der Waals surface area contributed by atoms with Gasteiger partial charge in [-0.15, -0.1) is 0 Å². The molecule has 1 amide bonds. The van der Waals surface area contributed by atoms with Gasteiger partial charge < -0.3 is 20.1 Å². The Bertz CT molecular complexity index is 184. The predicted molar refractivity (Wildman–Crippen MR) is 58.3 cm³/mol. The zero-order valence-corrected chi connectivity index (χ0v) is 10.0. The van der Waals surface area contributed by atoms with E-state index in [1.807, 2.05) is 13.8 Å². The van der Waals surface area contributed by atoms with E-state index < -0.39 is 6.29 Å². The van der Waals surface area contributed by atoms with Crippen LogP contribution in [0.15, 0.2) is 0 Å². The van der Waals surface area contributed by atoms with Crippen molar-refractivity contribution in [1.29, 1.82) is 0 Å². The first-order valence-corrected chi connectivity index (χ1v) is 5.15. The molecule has 0 heterocycles. The lowest BCUT2D eigenvalue weighted by Crippen LogP contribution is -2.46. The van der Waals surface area contributed by atoms with Gasteiger partial charge >= 0.3 is 0 Å². The van der Waals surface area contributed by atoms with Crippen molar-refractivity contribution in [1.82, 2.24) is 4.90 Å². The Hall–Kier alpha value is -0.650. The summed E-state index contributed by atoms with van der Waals surface area (Å²) in [6, 6.07) is 0.147. The molecule has 0 spiro atoms. The molecule has 5 heteroatoms. The number of amides is 1. The molecule has 0 rings (SSSR count). The summed E-state index contributed by atoms with van der Waals surface area (Å²) in [4.78, 5) is 13.3. The molecule has 1 atom stereocenters. The third kappa shape index (κ3) is 4.59. The number of methoxy groups -OCH3 is 2. The van der Waals surface area contributed by atoms with Crippen LogP contribution in [0.2, 0.25) is 0 Å². The van der Waals surface area contributed by atoms with Crippen LogP contribution in [0, 0.1) is 0 Å². The summed E-state index contributed by atoms with van der Waals surface area (Å²) in [5.41, 5.74) is 5.35. The fraction of sp³-hybridized carbons (Fsp3) is 0.900. The molecular weight excluding hydrogens is 196 g/mol. The minimum absolute atomic E-state index is 0.0183. The first-order valence-electron chi connectivity index (χ1n) is 5.15. The Morgan fingerprint density at radius 3 is 2.27 bits per heavy atom. The lowest BCUT2D eigenvalue weighted by molar-refractivity contribution is -0.147. The fourth-order valence-corrected chi connectivity index (χ4v) is 1.27. The van der Waals surface area contributed by atoms with Gasteiger partial charge in [0.15, 0.2) is 6.29 Å². The smallest absolute Gasteiger partial charge is 0.236 e. The molecule has 0 bridgehead atoms. The number of nitrogens with two attached hydrogens (primary N) is 1. The maximum absolute atomic E-state index is 11.6. The van der Waals surface area contributed by atoms with Gasteiger partial charge in [-0.2, -0.15) is 0 Å². The Balaban J connectivity index is 4.42. The number of rotatable bonds is 7. The van der Waals surface area contributed by atoms with E-state index in [0.717, 1.165) is 6.42 Å². The first kappa shape index (κ1) is 14.3. The molecule has 0 aromatic heterocycles. The van der Waals surface area contributed by atoms with Crippen molar-refractivity contribution >= 4 is 5.91 Å². The largest absolute Gasteiger partial charge is 0.354 e. The molecule has 90 valence electrons. The molecule has 15 heavy (non-hydrogen) atoms. The lowest BCUT2D eigenvalue weighted by atomic mass is 10.2. The molecule has 0 saturated heterocycles. The quantitative estimate of drug-likeness (QED) is 0.620. The van der Waals surface area contributed by atoms with E-state index in [1.165, 1.54) is 0 Å². The second-order valence-corrected chi connectivity index (χ2v) is 3.41. The van der Waals surface area contributed by atoms with Gasteiger partial charge in [-0.3, -0.25) is 4.79 Å². The highest BCUT2D eigenvalue weighted by molar-refractivity contribution is 5.78. The Morgan fingerprint density at radius 2 is 1.93 bits per heavy atom. The summed E-state index contributed by atoms with van der Waals surface area (Å²) in [7, 11) is 3.10. The van der Waals surface area contributed by atoms with Crippen molar-refractivity contribution in [2.45, 2.75) is 32.6 Å². The van der Waals surface area contributed by atoms with Gasteiger partial charge in [0.2, 0.25) is 5.91 Å². The van der Waals surface area contributed by atoms with Crippen LogP contribution in [-0.2, 0) is 14.3 Å². The number of carbonyl (C=O) groups is 1. The number of nitrogens with zero attached hydrogens (tertiary/aromatic N) is 1. The monoisotopic (exact) mass is 218 g/mol. The van der Waals surface area contributed by atoms with E-state index in [1.54, 1.807) is 19.1 Å². The zero-order valence-electron chi connectivity index (χ0n) is 10.0. The summed E-state index contributed by atoms with van der Waals surface area (Å²) in [6.07, 6.45) is 0.487. The third-order valence-electron chi connectivity index (χ3n) is 2.49. The van der Waals surface area contributed by atoms with Crippen molar-refractivity contribution in [3.63, 3.8) is 0 Å². The van der Waals surface area contributed by atoms with E-state index >= 15 is 0 Å². The van der Waals surface area contributed by atoms with E-state index in [4.69, 9.17) is 15.2 Å². The van der Waals surface area contributed by atoms with Crippen LogP contribution in [0.1, 0.15) is 20.3 Å². The number of hydrogen-bond donors (Lipinski definition) is 1. The Labute approximate surface area is 91.5 Å². The van der Waals surface area contributed by atoms with E-state index in [2.05, 4.69) is 0 Å². The molecule has 0 saturated carbocycles. The van der Waals surface area contributed by atoms with Gasteiger partial charge in [0.05, 0.1) is 13.1 Å². The molecule has 1 unspecified atom stereocenters. The van der Waals surface area contributed by atoms with Crippen LogP contribution in [-0.4, -0.2) is 50.4 Å². The van der Waals surface area contributed by atoms with Crippen LogP contribution >= 0.6 is 0 Å². The molecule has 0 radical (unpaired) electrons. The summed E-state index contributed by atoms with van der Waals surface area (Å²) in [6.45, 7) is 4.44. The van der Waals surface area contributed by atoms with Crippen molar-refractivity contribution in [3.8, 4) is 0 Å². The average molecular weight is 218 g/mol. The Morgan fingerprint density at radius 1 is 1.40 bits per heavy atom. The molecule has 0 fully saturated rings. The maximum Gasteiger partial charge on any atom is 0.236 e. The van der Waals surface area contributed by atoms with Gasteiger partial charge in [0, 0.05) is 20.3 Å². The summed E-state index contributed by atoms with van der Waals surface area (Å²) in [5.74, 6) is -0.0801. The first-order chi connectivity index (χ1) is 7.10. The Kier molecular flexibility index (Phi) is 7.29. The fourth-order valence-electron chi connectivity index (χ4n) is 1.27. The average Bonchev–Trinajstić information content (AvgIpc) is 2.29. The normalized spacial score (nSPS) is 12.9. The maximum atomic E-state index is 11.6. The second kappa shape index (κ2) is 7.62. The van der Waals surface area contributed by atoms with Gasteiger partial charge in [-0.25, -0.2) is 0 Å². The van der Waals surface area contributed by atoms with Gasteiger partial charge in [0.25, 0.3) is 0 Å². The van der Waals surface area contributed by atoms with Gasteiger partial charge in [-0.05, 0) is 13.3 Å². The van der Waals surface area contributed by atoms with Crippen LogP contribution in [0.5, 0.6) is 0 Å². The summed E-state index contributed by atoms with van der Waals surface area (Å²) >= 11 is 0. The molecule has 5 nitrogen and oxygen atoms in total. The summed E-state index contributed by atoms with van der Waals surface area (Å²) < 4.78 is 10.1. The van der Waals surface area contributed by atoms with E-state index in [0.29, 0.717) is 6.54 Å². The molecule has 0 aliphatic heterocycles. The van der Waals surface area contributed by atoms with Crippen molar-refractivity contribution in [2.24, 2.45) is 5.73 Å². The van der Waals surface area contributed by atoms with Crippen molar-refractivity contribution < 1.29 is 14.3 Å². The highest BCUT2D eigenvalue weighted by atomic mass is 16.7. The van der Waals surface area contributed by atoms with Crippen molar-refractivity contribution in [2.75, 3.05) is 27.3 Å². The molecule has 0 aromatic carbocycles. The minimum atomic E-state index is -0.394. The highest BCUT2D eigenvalue weighted by Crippen LogP contribution is 2.06. The lowest BCUT2D eigenvalue weighted by Gasteiger charge is -2.30. The van der Waals surface area contributed by atoms with E-state index in [9.17, 15) is 4.79 Å². The van der Waals surface area contributed by atoms with Gasteiger partial charge in [-0.1, -0.05) is 6.92 Å². The molecule has 0 aromatic rings. The van der Waals surface area contributed by atoms with Crippen molar-refractivity contribution in [3.05, 3.63) is 0 Å².